The van der Waals surface area contributed by atoms with E-state index in [1.807, 2.05) is 17.5 Å². The number of methoxy groups -OCH3 is 1. The molecule has 2 rings (SSSR count). The molecule has 0 aliphatic rings. The molecule has 0 aliphatic heterocycles. The molecule has 0 amide bonds. The predicted octanol–water partition coefficient (Wildman–Crippen LogP) is 3.58. The van der Waals surface area contributed by atoms with E-state index in [9.17, 15) is 4.79 Å². The van der Waals surface area contributed by atoms with Crippen LogP contribution >= 0.6 is 27.3 Å². The Morgan fingerprint density at radius 1 is 1.53 bits per heavy atom. The van der Waals surface area contributed by atoms with Crippen LogP contribution in [0.3, 0.4) is 0 Å². The Kier molecular flexibility index (Phi) is 3.07. The molecule has 0 radical (unpaired) electrons. The van der Waals surface area contributed by atoms with Crippen LogP contribution in [0.25, 0.3) is 10.1 Å². The minimum atomic E-state index is -0.271. The van der Waals surface area contributed by atoms with E-state index < -0.39 is 0 Å². The topological polar surface area (TPSA) is 26.3 Å². The monoisotopic (exact) mass is 284 g/mol. The lowest BCUT2D eigenvalue weighted by Crippen LogP contribution is -1.99. The van der Waals surface area contributed by atoms with E-state index in [4.69, 9.17) is 4.74 Å². The first-order valence-electron chi connectivity index (χ1n) is 4.40. The summed E-state index contributed by atoms with van der Waals surface area (Å²) in [5, 5.41) is 3.64. The summed E-state index contributed by atoms with van der Waals surface area (Å²) in [6, 6.07) is 6.06. The van der Waals surface area contributed by atoms with Crippen LogP contribution in [0.2, 0.25) is 0 Å². The Morgan fingerprint density at radius 3 is 3.00 bits per heavy atom. The second kappa shape index (κ2) is 4.33. The first-order valence-corrected chi connectivity index (χ1v) is 6.40. The van der Waals surface area contributed by atoms with Crippen molar-refractivity contribution in [1.29, 1.82) is 0 Å². The van der Waals surface area contributed by atoms with E-state index in [-0.39, 0.29) is 5.97 Å². The molecule has 1 aromatic carbocycles. The van der Waals surface area contributed by atoms with Crippen molar-refractivity contribution in [3.05, 3.63) is 34.7 Å². The van der Waals surface area contributed by atoms with Gasteiger partial charge in [0.2, 0.25) is 0 Å². The van der Waals surface area contributed by atoms with Crippen molar-refractivity contribution >= 4 is 43.3 Å². The zero-order chi connectivity index (χ0) is 10.8. The van der Waals surface area contributed by atoms with Crippen molar-refractivity contribution in [3.8, 4) is 0 Å². The Morgan fingerprint density at radius 2 is 2.33 bits per heavy atom. The molecule has 15 heavy (non-hydrogen) atoms. The maximum atomic E-state index is 11.4. The van der Waals surface area contributed by atoms with Crippen molar-refractivity contribution < 1.29 is 9.53 Å². The summed E-state index contributed by atoms with van der Waals surface area (Å²) in [4.78, 5) is 11.4. The van der Waals surface area contributed by atoms with E-state index in [1.54, 1.807) is 11.3 Å². The first kappa shape index (κ1) is 10.6. The molecule has 0 saturated carbocycles. The average Bonchev–Trinajstić information content (AvgIpc) is 2.70. The van der Waals surface area contributed by atoms with Gasteiger partial charge < -0.3 is 4.74 Å². The number of carbonyl (C=O) groups is 1. The summed E-state index contributed by atoms with van der Waals surface area (Å²) >= 11 is 4.97. The van der Waals surface area contributed by atoms with Crippen LogP contribution < -0.4 is 0 Å². The van der Waals surface area contributed by atoms with E-state index in [0.29, 0.717) is 5.56 Å². The number of carbonyl (C=O) groups excluding carboxylic acids is 1. The Hall–Kier alpha value is -0.870. The number of ether oxygens (including phenoxy) is 1. The Balaban J connectivity index is 2.57. The molecule has 1 heterocycles. The average molecular weight is 285 g/mol. The van der Waals surface area contributed by atoms with Crippen LogP contribution in [0.15, 0.2) is 23.6 Å². The number of thiophene rings is 1. The molecule has 0 spiro atoms. The molecule has 0 bridgehead atoms. The highest BCUT2D eigenvalue weighted by Crippen LogP contribution is 2.28. The van der Waals surface area contributed by atoms with E-state index >= 15 is 0 Å². The molecule has 0 saturated heterocycles. The predicted molar refractivity (Wildman–Crippen MR) is 65.8 cm³/mol. The van der Waals surface area contributed by atoms with E-state index in [2.05, 4.69) is 22.0 Å². The van der Waals surface area contributed by atoms with Crippen LogP contribution in [-0.4, -0.2) is 13.1 Å². The molecule has 0 N–H and O–H groups in total. The number of alkyl halides is 1. The van der Waals surface area contributed by atoms with Crippen LogP contribution in [0.1, 0.15) is 15.9 Å². The number of esters is 1. The molecule has 0 aliphatic carbocycles. The minimum absolute atomic E-state index is 0.271. The number of hydrogen-bond acceptors (Lipinski definition) is 3. The number of benzene rings is 1. The normalized spacial score (nSPS) is 10.5. The van der Waals surface area contributed by atoms with Gasteiger partial charge in [0.05, 0.1) is 12.7 Å². The van der Waals surface area contributed by atoms with Gasteiger partial charge >= 0.3 is 5.97 Å². The fraction of sp³-hybridized carbons (Fsp3) is 0.182. The maximum Gasteiger partial charge on any atom is 0.339 e. The minimum Gasteiger partial charge on any atom is -0.465 e. The molecule has 0 unspecified atom stereocenters. The third kappa shape index (κ3) is 1.92. The molecular formula is C11H9BrO2S. The van der Waals surface area contributed by atoms with Crippen molar-refractivity contribution in [1.82, 2.24) is 0 Å². The molecule has 78 valence electrons. The molecule has 1 aromatic heterocycles. The van der Waals surface area contributed by atoms with Gasteiger partial charge in [-0.2, -0.15) is 0 Å². The first-order chi connectivity index (χ1) is 7.26. The molecular weight excluding hydrogens is 276 g/mol. The van der Waals surface area contributed by atoms with Crippen molar-refractivity contribution in [2.75, 3.05) is 7.11 Å². The summed E-state index contributed by atoms with van der Waals surface area (Å²) < 4.78 is 5.84. The fourth-order valence-electron chi connectivity index (χ4n) is 1.42. The van der Waals surface area contributed by atoms with Gasteiger partial charge in [0.25, 0.3) is 0 Å². The zero-order valence-corrected chi connectivity index (χ0v) is 10.5. The van der Waals surface area contributed by atoms with E-state index in [0.717, 1.165) is 15.4 Å². The number of hydrogen-bond donors (Lipinski definition) is 0. The van der Waals surface area contributed by atoms with Gasteiger partial charge in [0.15, 0.2) is 0 Å². The third-order valence-electron chi connectivity index (χ3n) is 2.20. The smallest absolute Gasteiger partial charge is 0.339 e. The van der Waals surface area contributed by atoms with Crippen LogP contribution in [0.5, 0.6) is 0 Å². The number of rotatable bonds is 2. The lowest BCUT2D eigenvalue weighted by molar-refractivity contribution is 0.0603. The van der Waals surface area contributed by atoms with Gasteiger partial charge in [-0.25, -0.2) is 4.79 Å². The van der Waals surface area contributed by atoms with Crippen LogP contribution in [0.4, 0.5) is 0 Å². The van der Waals surface area contributed by atoms with Crippen molar-refractivity contribution in [2.24, 2.45) is 0 Å². The summed E-state index contributed by atoms with van der Waals surface area (Å²) in [5.74, 6) is -0.271. The molecule has 2 aromatic rings. The lowest BCUT2D eigenvalue weighted by Gasteiger charge is -1.98. The van der Waals surface area contributed by atoms with Gasteiger partial charge in [0.1, 0.15) is 0 Å². The maximum absolute atomic E-state index is 11.4. The van der Waals surface area contributed by atoms with Gasteiger partial charge in [-0.3, -0.25) is 0 Å². The van der Waals surface area contributed by atoms with E-state index in [1.165, 1.54) is 12.7 Å². The number of halogens is 1. The fourth-order valence-corrected chi connectivity index (χ4v) is 2.76. The van der Waals surface area contributed by atoms with Crippen molar-refractivity contribution in [3.63, 3.8) is 0 Å². The molecule has 4 heteroatoms. The molecule has 0 atom stereocenters. The van der Waals surface area contributed by atoms with Crippen molar-refractivity contribution in [2.45, 2.75) is 5.33 Å². The SMILES string of the molecule is COC(=O)c1csc2cc(CBr)ccc12. The van der Waals surface area contributed by atoms with Gasteiger partial charge in [-0.15, -0.1) is 11.3 Å². The Bertz CT molecular complexity index is 504. The van der Waals surface area contributed by atoms with Crippen LogP contribution in [0, 0.1) is 0 Å². The summed E-state index contributed by atoms with van der Waals surface area (Å²) in [5.41, 5.74) is 1.86. The highest BCUT2D eigenvalue weighted by Gasteiger charge is 2.12. The summed E-state index contributed by atoms with van der Waals surface area (Å²) in [6.45, 7) is 0. The molecule has 0 fully saturated rings. The van der Waals surface area contributed by atoms with Gasteiger partial charge in [0, 0.05) is 20.8 Å². The highest BCUT2D eigenvalue weighted by molar-refractivity contribution is 9.08. The highest BCUT2D eigenvalue weighted by atomic mass is 79.9. The summed E-state index contributed by atoms with van der Waals surface area (Å²) in [7, 11) is 1.40. The quantitative estimate of drug-likeness (QED) is 0.622. The number of fused-ring (bicyclic) bond motifs is 1. The summed E-state index contributed by atoms with van der Waals surface area (Å²) in [6.07, 6.45) is 0. The largest absolute Gasteiger partial charge is 0.465 e. The zero-order valence-electron chi connectivity index (χ0n) is 8.12. The van der Waals surface area contributed by atoms with Gasteiger partial charge in [-0.1, -0.05) is 28.1 Å². The van der Waals surface area contributed by atoms with Crippen LogP contribution in [-0.2, 0) is 10.1 Å². The standard InChI is InChI=1S/C11H9BrO2S/c1-14-11(13)9-6-15-10-4-7(5-12)2-3-8(9)10/h2-4,6H,5H2,1H3. The lowest BCUT2D eigenvalue weighted by atomic mass is 10.1. The second-order valence-electron chi connectivity index (χ2n) is 3.11. The second-order valence-corrected chi connectivity index (χ2v) is 4.58. The molecule has 2 nitrogen and oxygen atoms in total. The Labute approximate surface area is 100.0 Å². The third-order valence-corrected chi connectivity index (χ3v) is 3.79. The van der Waals surface area contributed by atoms with Gasteiger partial charge in [-0.05, 0) is 11.6 Å².